The first kappa shape index (κ1) is 14.5. The van der Waals surface area contributed by atoms with Crippen LogP contribution in [0.3, 0.4) is 0 Å². The molecule has 1 heterocycles. The molecule has 0 aliphatic carbocycles. The number of hydrogen-bond acceptors (Lipinski definition) is 5. The molecule has 1 rings (SSSR count). The van der Waals surface area contributed by atoms with E-state index >= 15 is 0 Å². The normalized spacial score (nSPS) is 10.5. The second-order valence-corrected chi connectivity index (χ2v) is 4.58. The lowest BCUT2D eigenvalue weighted by Crippen LogP contribution is -2.31. The third-order valence-corrected chi connectivity index (χ3v) is 2.37. The summed E-state index contributed by atoms with van der Waals surface area (Å²) in [6.07, 6.45) is 0.346. The standard InChI is InChI=1S/C11H18ClN5O/c1-6(2)15-8(18)4-5-14-10-9(13)7(3)16-11(12)17-10/h6H,4-5,13H2,1-3H3,(H,15,18)(H,14,16,17). The number of aryl methyl sites for hydroxylation is 1. The molecular weight excluding hydrogens is 254 g/mol. The molecule has 18 heavy (non-hydrogen) atoms. The first-order chi connectivity index (χ1) is 8.40. The predicted octanol–water partition coefficient (Wildman–Crippen LogP) is 1.35. The van der Waals surface area contributed by atoms with Crippen molar-refractivity contribution in [2.75, 3.05) is 17.6 Å². The van der Waals surface area contributed by atoms with Gasteiger partial charge in [0.05, 0.1) is 11.4 Å². The monoisotopic (exact) mass is 271 g/mol. The molecule has 0 aliphatic rings. The Labute approximate surface area is 111 Å². The third-order valence-electron chi connectivity index (χ3n) is 2.20. The maximum Gasteiger partial charge on any atom is 0.224 e. The van der Waals surface area contributed by atoms with Gasteiger partial charge in [-0.25, -0.2) is 4.98 Å². The van der Waals surface area contributed by atoms with Gasteiger partial charge in [-0.2, -0.15) is 4.98 Å². The maximum atomic E-state index is 11.4. The number of halogens is 1. The van der Waals surface area contributed by atoms with Crippen molar-refractivity contribution in [3.63, 3.8) is 0 Å². The van der Waals surface area contributed by atoms with E-state index in [-0.39, 0.29) is 17.2 Å². The average molecular weight is 272 g/mol. The molecule has 6 nitrogen and oxygen atoms in total. The molecule has 0 aliphatic heterocycles. The second kappa shape index (κ2) is 6.39. The van der Waals surface area contributed by atoms with Crippen molar-refractivity contribution in [1.82, 2.24) is 15.3 Å². The molecule has 1 aromatic rings. The minimum atomic E-state index is -0.0204. The van der Waals surface area contributed by atoms with Crippen LogP contribution in [-0.2, 0) is 4.79 Å². The summed E-state index contributed by atoms with van der Waals surface area (Å²) < 4.78 is 0. The first-order valence-electron chi connectivity index (χ1n) is 5.73. The predicted molar refractivity (Wildman–Crippen MR) is 72.6 cm³/mol. The molecule has 4 N–H and O–H groups in total. The SMILES string of the molecule is Cc1nc(Cl)nc(NCCC(=O)NC(C)C)c1N. The number of nitrogens with two attached hydrogens (primary N) is 1. The molecule has 0 aromatic carbocycles. The fourth-order valence-electron chi connectivity index (χ4n) is 1.37. The smallest absolute Gasteiger partial charge is 0.224 e. The molecule has 0 saturated carbocycles. The molecule has 0 atom stereocenters. The topological polar surface area (TPSA) is 92.9 Å². The third kappa shape index (κ3) is 4.37. The van der Waals surface area contributed by atoms with Gasteiger partial charge in [0.15, 0.2) is 5.82 Å². The Bertz CT molecular complexity index is 436. The van der Waals surface area contributed by atoms with Crippen LogP contribution in [0.25, 0.3) is 0 Å². The van der Waals surface area contributed by atoms with E-state index in [1.54, 1.807) is 6.92 Å². The van der Waals surface area contributed by atoms with E-state index in [9.17, 15) is 4.79 Å². The molecule has 1 aromatic heterocycles. The summed E-state index contributed by atoms with van der Waals surface area (Å²) in [6, 6.07) is 0.137. The van der Waals surface area contributed by atoms with Crippen molar-refractivity contribution in [2.45, 2.75) is 33.2 Å². The fraction of sp³-hybridized carbons (Fsp3) is 0.545. The summed E-state index contributed by atoms with van der Waals surface area (Å²) in [6.45, 7) is 6.02. The average Bonchev–Trinajstić information content (AvgIpc) is 2.23. The van der Waals surface area contributed by atoms with Gasteiger partial charge >= 0.3 is 0 Å². The number of nitrogens with one attached hydrogen (secondary N) is 2. The number of hydrogen-bond donors (Lipinski definition) is 3. The van der Waals surface area contributed by atoms with E-state index in [4.69, 9.17) is 17.3 Å². The molecule has 0 fully saturated rings. The van der Waals surface area contributed by atoms with E-state index in [2.05, 4.69) is 20.6 Å². The number of carbonyl (C=O) groups excluding carboxylic acids is 1. The van der Waals surface area contributed by atoms with Crippen molar-refractivity contribution in [3.05, 3.63) is 11.0 Å². The number of aromatic nitrogens is 2. The molecule has 0 unspecified atom stereocenters. The summed E-state index contributed by atoms with van der Waals surface area (Å²) >= 11 is 5.74. The quantitative estimate of drug-likeness (QED) is 0.703. The highest BCUT2D eigenvalue weighted by Crippen LogP contribution is 2.20. The van der Waals surface area contributed by atoms with Gasteiger partial charge in [-0.15, -0.1) is 0 Å². The summed E-state index contributed by atoms with van der Waals surface area (Å²) in [7, 11) is 0. The summed E-state index contributed by atoms with van der Waals surface area (Å²) in [5.74, 6) is 0.442. The van der Waals surface area contributed by atoms with Gasteiger partial charge in [0, 0.05) is 19.0 Å². The van der Waals surface area contributed by atoms with Crippen LogP contribution in [0.2, 0.25) is 5.28 Å². The Morgan fingerprint density at radius 3 is 2.72 bits per heavy atom. The Hall–Kier alpha value is -1.56. The van der Waals surface area contributed by atoms with Gasteiger partial charge < -0.3 is 16.4 Å². The van der Waals surface area contributed by atoms with Crippen LogP contribution < -0.4 is 16.4 Å². The summed E-state index contributed by atoms with van der Waals surface area (Å²) in [4.78, 5) is 19.3. The van der Waals surface area contributed by atoms with Crippen molar-refractivity contribution in [3.8, 4) is 0 Å². The van der Waals surface area contributed by atoms with Crippen molar-refractivity contribution in [2.24, 2.45) is 0 Å². The lowest BCUT2D eigenvalue weighted by atomic mass is 10.3. The number of carbonyl (C=O) groups is 1. The van der Waals surface area contributed by atoms with Crippen LogP contribution in [0.15, 0.2) is 0 Å². The van der Waals surface area contributed by atoms with E-state index in [0.717, 1.165) is 0 Å². The van der Waals surface area contributed by atoms with Crippen molar-refractivity contribution in [1.29, 1.82) is 0 Å². The largest absolute Gasteiger partial charge is 0.394 e. The van der Waals surface area contributed by atoms with Crippen molar-refractivity contribution < 1.29 is 4.79 Å². The second-order valence-electron chi connectivity index (χ2n) is 4.24. The Balaban J connectivity index is 2.52. The fourth-order valence-corrected chi connectivity index (χ4v) is 1.58. The van der Waals surface area contributed by atoms with E-state index in [1.807, 2.05) is 13.8 Å². The minimum absolute atomic E-state index is 0.0204. The summed E-state index contributed by atoms with van der Waals surface area (Å²) in [5, 5.41) is 5.91. The molecule has 1 amide bonds. The Kier molecular flexibility index (Phi) is 5.15. The zero-order valence-corrected chi connectivity index (χ0v) is 11.5. The van der Waals surface area contributed by atoms with Gasteiger partial charge in [-0.05, 0) is 32.4 Å². The number of nitrogens with zero attached hydrogens (tertiary/aromatic N) is 2. The highest BCUT2D eigenvalue weighted by Gasteiger charge is 2.08. The van der Waals surface area contributed by atoms with Gasteiger partial charge in [0.1, 0.15) is 0 Å². The van der Waals surface area contributed by atoms with E-state index < -0.39 is 0 Å². The van der Waals surface area contributed by atoms with Crippen LogP contribution >= 0.6 is 11.6 Å². The Morgan fingerprint density at radius 2 is 2.11 bits per heavy atom. The first-order valence-corrected chi connectivity index (χ1v) is 6.10. The van der Waals surface area contributed by atoms with Crippen LogP contribution in [0.5, 0.6) is 0 Å². The number of rotatable bonds is 5. The molecule has 0 saturated heterocycles. The summed E-state index contributed by atoms with van der Waals surface area (Å²) in [5.41, 5.74) is 6.87. The Morgan fingerprint density at radius 1 is 1.44 bits per heavy atom. The molecule has 0 bridgehead atoms. The zero-order valence-electron chi connectivity index (χ0n) is 10.7. The lowest BCUT2D eigenvalue weighted by molar-refractivity contribution is -0.121. The van der Waals surface area contributed by atoms with Gasteiger partial charge in [-0.1, -0.05) is 0 Å². The zero-order chi connectivity index (χ0) is 13.7. The van der Waals surface area contributed by atoms with Gasteiger partial charge in [0.2, 0.25) is 11.2 Å². The minimum Gasteiger partial charge on any atom is -0.394 e. The molecule has 7 heteroatoms. The van der Waals surface area contributed by atoms with Crippen LogP contribution in [0.4, 0.5) is 11.5 Å². The van der Waals surface area contributed by atoms with E-state index in [1.165, 1.54) is 0 Å². The number of anilines is 2. The lowest BCUT2D eigenvalue weighted by Gasteiger charge is -2.11. The molecule has 0 radical (unpaired) electrons. The highest BCUT2D eigenvalue weighted by molar-refractivity contribution is 6.28. The number of amides is 1. The van der Waals surface area contributed by atoms with Gasteiger partial charge in [0.25, 0.3) is 0 Å². The molecule has 0 spiro atoms. The maximum absolute atomic E-state index is 11.4. The van der Waals surface area contributed by atoms with Crippen LogP contribution in [0.1, 0.15) is 26.0 Å². The van der Waals surface area contributed by atoms with Crippen molar-refractivity contribution >= 4 is 29.0 Å². The van der Waals surface area contributed by atoms with Crippen LogP contribution in [0, 0.1) is 6.92 Å². The molecular formula is C11H18ClN5O. The van der Waals surface area contributed by atoms with E-state index in [0.29, 0.717) is 30.2 Å². The van der Waals surface area contributed by atoms with Gasteiger partial charge in [-0.3, -0.25) is 4.79 Å². The molecule has 100 valence electrons. The van der Waals surface area contributed by atoms with Crippen LogP contribution in [-0.4, -0.2) is 28.5 Å². The number of nitrogen functional groups attached to an aromatic ring is 1. The highest BCUT2D eigenvalue weighted by atomic mass is 35.5.